The van der Waals surface area contributed by atoms with Crippen molar-refractivity contribution in [1.82, 2.24) is 9.03 Å². The molecule has 1 fully saturated rings. The van der Waals surface area contributed by atoms with Crippen molar-refractivity contribution in [3.05, 3.63) is 0 Å². The number of hydrogen-bond acceptors (Lipinski definition) is 4. The van der Waals surface area contributed by atoms with Gasteiger partial charge in [-0.1, -0.05) is 5.16 Å². The molecule has 88 valence electrons. The molecule has 0 aromatic carbocycles. The van der Waals surface area contributed by atoms with Gasteiger partial charge in [-0.2, -0.15) is 17.4 Å². The van der Waals surface area contributed by atoms with Crippen LogP contribution >= 0.6 is 0 Å². The minimum Gasteiger partial charge on any atom is -0.409 e. The van der Waals surface area contributed by atoms with Crippen molar-refractivity contribution < 1.29 is 13.6 Å². The van der Waals surface area contributed by atoms with Crippen molar-refractivity contribution in [3.63, 3.8) is 0 Å². The van der Waals surface area contributed by atoms with Crippen LogP contribution in [0.3, 0.4) is 0 Å². The molecular weight excluding hydrogens is 220 g/mol. The van der Waals surface area contributed by atoms with Crippen LogP contribution in [-0.4, -0.2) is 43.9 Å². The second-order valence-corrected chi connectivity index (χ2v) is 5.66. The molecule has 0 aromatic rings. The molecule has 0 aromatic heterocycles. The smallest absolute Gasteiger partial charge is 0.279 e. The minimum atomic E-state index is -3.55. The molecule has 7 nitrogen and oxygen atoms in total. The van der Waals surface area contributed by atoms with Gasteiger partial charge < -0.3 is 10.9 Å². The van der Waals surface area contributed by atoms with Gasteiger partial charge in [-0.3, -0.25) is 0 Å². The Morgan fingerprint density at radius 3 is 2.47 bits per heavy atom. The van der Waals surface area contributed by atoms with Crippen LogP contribution in [0.5, 0.6) is 0 Å². The molecule has 0 aliphatic heterocycles. The van der Waals surface area contributed by atoms with E-state index >= 15 is 0 Å². The molecule has 1 aliphatic rings. The SMILES string of the molecule is CN(C)S(=O)(=O)NC(C(N)=NO)C1CC1. The van der Waals surface area contributed by atoms with Gasteiger partial charge in [0, 0.05) is 14.1 Å². The topological polar surface area (TPSA) is 108 Å². The Hall–Kier alpha value is -0.860. The largest absolute Gasteiger partial charge is 0.409 e. The Bertz CT molecular complexity index is 347. The fraction of sp³-hybridized carbons (Fsp3) is 0.857. The number of oxime groups is 1. The van der Waals surface area contributed by atoms with E-state index in [1.54, 1.807) is 0 Å². The highest BCUT2D eigenvalue weighted by Gasteiger charge is 2.37. The maximum absolute atomic E-state index is 11.5. The van der Waals surface area contributed by atoms with Crippen molar-refractivity contribution in [2.75, 3.05) is 14.1 Å². The predicted molar refractivity (Wildman–Crippen MR) is 55.7 cm³/mol. The Morgan fingerprint density at radius 1 is 1.60 bits per heavy atom. The van der Waals surface area contributed by atoms with Gasteiger partial charge in [0.2, 0.25) is 0 Å². The summed E-state index contributed by atoms with van der Waals surface area (Å²) in [6.07, 6.45) is 1.77. The minimum absolute atomic E-state index is 0.0945. The van der Waals surface area contributed by atoms with E-state index in [0.29, 0.717) is 0 Å². The number of nitrogens with two attached hydrogens (primary N) is 1. The highest BCUT2D eigenvalue weighted by molar-refractivity contribution is 7.87. The third kappa shape index (κ3) is 3.05. The van der Waals surface area contributed by atoms with Crippen molar-refractivity contribution in [1.29, 1.82) is 0 Å². The van der Waals surface area contributed by atoms with Crippen LogP contribution in [0.1, 0.15) is 12.8 Å². The molecule has 1 aliphatic carbocycles. The first-order valence-electron chi connectivity index (χ1n) is 4.55. The molecule has 4 N–H and O–H groups in total. The fourth-order valence-electron chi connectivity index (χ4n) is 1.16. The fourth-order valence-corrected chi connectivity index (χ4v) is 2.00. The molecule has 1 rings (SSSR count). The average molecular weight is 236 g/mol. The lowest BCUT2D eigenvalue weighted by atomic mass is 10.2. The molecule has 15 heavy (non-hydrogen) atoms. The van der Waals surface area contributed by atoms with Gasteiger partial charge in [0.25, 0.3) is 10.2 Å². The van der Waals surface area contributed by atoms with Gasteiger partial charge in [0.15, 0.2) is 5.84 Å². The zero-order valence-electron chi connectivity index (χ0n) is 8.71. The first kappa shape index (κ1) is 12.2. The monoisotopic (exact) mass is 236 g/mol. The highest BCUT2D eigenvalue weighted by Crippen LogP contribution is 2.33. The lowest BCUT2D eigenvalue weighted by molar-refractivity contribution is 0.314. The normalized spacial score (nSPS) is 20.6. The number of rotatable bonds is 5. The number of amidine groups is 1. The summed E-state index contributed by atoms with van der Waals surface area (Å²) in [6.45, 7) is 0. The van der Waals surface area contributed by atoms with Gasteiger partial charge in [-0.05, 0) is 18.8 Å². The highest BCUT2D eigenvalue weighted by atomic mass is 32.2. The van der Waals surface area contributed by atoms with Gasteiger partial charge in [-0.15, -0.1) is 0 Å². The van der Waals surface area contributed by atoms with Gasteiger partial charge in [0.1, 0.15) is 0 Å². The summed E-state index contributed by atoms with van der Waals surface area (Å²) in [4.78, 5) is 0. The first-order valence-corrected chi connectivity index (χ1v) is 5.99. The van der Waals surface area contributed by atoms with Crippen LogP contribution in [0.15, 0.2) is 5.16 Å². The number of nitrogens with zero attached hydrogens (tertiary/aromatic N) is 2. The summed E-state index contributed by atoms with van der Waals surface area (Å²) in [5.41, 5.74) is 5.42. The van der Waals surface area contributed by atoms with Crippen LogP contribution in [0.2, 0.25) is 0 Å². The summed E-state index contributed by atoms with van der Waals surface area (Å²) < 4.78 is 26.5. The molecule has 0 amide bonds. The third-order valence-corrected chi connectivity index (χ3v) is 3.80. The first-order chi connectivity index (χ1) is 6.88. The molecule has 0 heterocycles. The second kappa shape index (κ2) is 4.33. The summed E-state index contributed by atoms with van der Waals surface area (Å²) in [7, 11) is -0.716. The molecular formula is C7H16N4O3S. The standard InChI is InChI=1S/C7H16N4O3S/c1-11(2)15(13,14)10-6(5-3-4-5)7(8)9-12/h5-6,10,12H,3-4H2,1-2H3,(H2,8,9). The lowest BCUT2D eigenvalue weighted by Crippen LogP contribution is -2.49. The van der Waals surface area contributed by atoms with Crippen molar-refractivity contribution in [3.8, 4) is 0 Å². The lowest BCUT2D eigenvalue weighted by Gasteiger charge is -2.19. The zero-order valence-corrected chi connectivity index (χ0v) is 9.53. The van der Waals surface area contributed by atoms with Crippen molar-refractivity contribution >= 4 is 16.0 Å². The van der Waals surface area contributed by atoms with Gasteiger partial charge in [0.05, 0.1) is 6.04 Å². The molecule has 0 saturated heterocycles. The predicted octanol–water partition coefficient (Wildman–Crippen LogP) is -1.09. The summed E-state index contributed by atoms with van der Waals surface area (Å²) in [5, 5.41) is 11.4. The Labute approximate surface area is 89.1 Å². The van der Waals surface area contributed by atoms with E-state index in [0.717, 1.165) is 17.1 Å². The van der Waals surface area contributed by atoms with Crippen LogP contribution < -0.4 is 10.5 Å². The summed E-state index contributed by atoms with van der Waals surface area (Å²) in [5.74, 6) is 0.0403. The van der Waals surface area contributed by atoms with Crippen LogP contribution in [0.4, 0.5) is 0 Å². The van der Waals surface area contributed by atoms with Gasteiger partial charge >= 0.3 is 0 Å². The molecule has 1 unspecified atom stereocenters. The van der Waals surface area contributed by atoms with E-state index in [9.17, 15) is 8.42 Å². The van der Waals surface area contributed by atoms with Crippen molar-refractivity contribution in [2.24, 2.45) is 16.8 Å². The third-order valence-electron chi connectivity index (χ3n) is 2.28. The van der Waals surface area contributed by atoms with Crippen LogP contribution in [0, 0.1) is 5.92 Å². The van der Waals surface area contributed by atoms with Gasteiger partial charge in [-0.25, -0.2) is 0 Å². The molecule has 0 spiro atoms. The summed E-state index contributed by atoms with van der Waals surface area (Å²) in [6, 6.07) is -0.609. The Kier molecular flexibility index (Phi) is 3.53. The Morgan fingerprint density at radius 2 is 2.13 bits per heavy atom. The quantitative estimate of drug-likeness (QED) is 0.244. The van der Waals surface area contributed by atoms with E-state index in [1.807, 2.05) is 0 Å². The maximum Gasteiger partial charge on any atom is 0.279 e. The van der Waals surface area contributed by atoms with Crippen LogP contribution in [-0.2, 0) is 10.2 Å². The van der Waals surface area contributed by atoms with Crippen molar-refractivity contribution in [2.45, 2.75) is 18.9 Å². The number of hydrogen-bond donors (Lipinski definition) is 3. The molecule has 1 saturated carbocycles. The Balaban J connectivity index is 2.76. The van der Waals surface area contributed by atoms with Crippen LogP contribution in [0.25, 0.3) is 0 Å². The number of nitrogens with one attached hydrogen (secondary N) is 1. The average Bonchev–Trinajstić information content (AvgIpc) is 2.96. The molecule has 1 atom stereocenters. The van der Waals surface area contributed by atoms with E-state index in [2.05, 4.69) is 9.88 Å². The zero-order chi connectivity index (χ0) is 11.6. The van der Waals surface area contributed by atoms with E-state index < -0.39 is 16.3 Å². The van der Waals surface area contributed by atoms with E-state index in [4.69, 9.17) is 10.9 Å². The molecule has 8 heteroatoms. The van der Waals surface area contributed by atoms with E-state index in [-0.39, 0.29) is 11.8 Å². The molecule has 0 radical (unpaired) electrons. The molecule has 0 bridgehead atoms. The second-order valence-electron chi connectivity index (χ2n) is 3.75. The summed E-state index contributed by atoms with van der Waals surface area (Å²) >= 11 is 0. The van der Waals surface area contributed by atoms with E-state index in [1.165, 1.54) is 14.1 Å². The maximum atomic E-state index is 11.5.